The highest BCUT2D eigenvalue weighted by atomic mass is 19.1. The number of carbonyl (C=O) groups is 3. The molecule has 2 aliphatic rings. The fourth-order valence-electron chi connectivity index (χ4n) is 4.78. The van der Waals surface area contributed by atoms with Crippen LogP contribution in [0.4, 0.5) is 4.39 Å². The van der Waals surface area contributed by atoms with Gasteiger partial charge in [-0.15, -0.1) is 0 Å². The second-order valence-corrected chi connectivity index (χ2v) is 10.8. The first-order chi connectivity index (χ1) is 16.3. The zero-order chi connectivity index (χ0) is 26.0. The average molecular weight is 494 g/mol. The largest absolute Gasteiger partial charge is 0.496 e. The van der Waals surface area contributed by atoms with Gasteiger partial charge in [-0.3, -0.25) is 14.4 Å². The summed E-state index contributed by atoms with van der Waals surface area (Å²) in [6, 6.07) is 1.90. The van der Waals surface area contributed by atoms with E-state index < -0.39 is 40.7 Å². The fourth-order valence-corrected chi connectivity index (χ4v) is 4.78. The highest BCUT2D eigenvalue weighted by molar-refractivity contribution is 5.98. The highest BCUT2D eigenvalue weighted by Crippen LogP contribution is 2.40. The van der Waals surface area contributed by atoms with Crippen molar-refractivity contribution in [2.45, 2.75) is 90.4 Å². The number of rotatable bonds is 7. The number of ether oxygens (including phenoxy) is 3. The van der Waals surface area contributed by atoms with Crippen molar-refractivity contribution >= 4 is 17.8 Å². The zero-order valence-electron chi connectivity index (χ0n) is 21.1. The number of esters is 1. The topological polar surface area (TPSA) is 111 Å². The van der Waals surface area contributed by atoms with Gasteiger partial charge in [-0.25, -0.2) is 4.39 Å². The molecule has 2 atom stereocenters. The highest BCUT2D eigenvalue weighted by Gasteiger charge is 2.41. The molecule has 3 rings (SSSR count). The third-order valence-corrected chi connectivity index (χ3v) is 6.87. The van der Waals surface area contributed by atoms with Gasteiger partial charge < -0.3 is 24.6 Å². The third-order valence-electron chi connectivity index (χ3n) is 6.87. The standard InChI is InChI=1S/C26H36FNO7/c1-25(2,3)35-24(32)26(4)11-9-15(10-12-26)34-21-13-17(20(33-5)14-18(21)27)22(29)28-19-8-6-7-16(19)23(30)31/h13-16,19H,6-12H2,1-5H3,(H,28,29)(H,30,31). The maximum absolute atomic E-state index is 14.8. The van der Waals surface area contributed by atoms with Crippen LogP contribution in [-0.4, -0.2) is 47.8 Å². The van der Waals surface area contributed by atoms with Crippen molar-refractivity contribution < 1.29 is 38.1 Å². The first-order valence-electron chi connectivity index (χ1n) is 12.1. The van der Waals surface area contributed by atoms with Crippen LogP contribution < -0.4 is 14.8 Å². The molecule has 1 aromatic rings. The molecule has 8 nitrogen and oxygen atoms in total. The SMILES string of the molecule is COc1cc(F)c(OC2CCC(C)(C(=O)OC(C)(C)C)CC2)cc1C(=O)NC1CCCC1C(=O)O. The summed E-state index contributed by atoms with van der Waals surface area (Å²) in [6.45, 7) is 7.37. The maximum Gasteiger partial charge on any atom is 0.312 e. The Labute approximate surface area is 205 Å². The number of hydrogen-bond donors (Lipinski definition) is 2. The fraction of sp³-hybridized carbons (Fsp3) is 0.654. The third kappa shape index (κ3) is 6.44. The molecule has 2 unspecified atom stereocenters. The van der Waals surface area contributed by atoms with Gasteiger partial charge in [0.2, 0.25) is 0 Å². The van der Waals surface area contributed by atoms with Crippen LogP contribution in [0, 0.1) is 17.2 Å². The molecule has 0 aliphatic heterocycles. The molecule has 194 valence electrons. The molecule has 1 aromatic carbocycles. The Morgan fingerprint density at radius 1 is 1.09 bits per heavy atom. The number of halogens is 1. The maximum atomic E-state index is 14.8. The van der Waals surface area contributed by atoms with Gasteiger partial charge in [0.25, 0.3) is 5.91 Å². The van der Waals surface area contributed by atoms with E-state index >= 15 is 0 Å². The van der Waals surface area contributed by atoms with E-state index in [1.54, 1.807) is 0 Å². The Bertz CT molecular complexity index is 963. The Hall–Kier alpha value is -2.84. The van der Waals surface area contributed by atoms with E-state index in [9.17, 15) is 23.9 Å². The smallest absolute Gasteiger partial charge is 0.312 e. The number of nitrogens with one attached hydrogen (secondary N) is 1. The van der Waals surface area contributed by atoms with Crippen molar-refractivity contribution in [3.63, 3.8) is 0 Å². The Balaban J connectivity index is 1.70. The number of benzene rings is 1. The molecular weight excluding hydrogens is 457 g/mol. The van der Waals surface area contributed by atoms with Crippen molar-refractivity contribution in [2.75, 3.05) is 7.11 Å². The predicted octanol–water partition coefficient (Wildman–Crippen LogP) is 4.49. The summed E-state index contributed by atoms with van der Waals surface area (Å²) in [5.41, 5.74) is -1.12. The van der Waals surface area contributed by atoms with Crippen molar-refractivity contribution in [3.8, 4) is 11.5 Å². The van der Waals surface area contributed by atoms with Crippen LogP contribution in [0.5, 0.6) is 11.5 Å². The molecular formula is C26H36FNO7. The first-order valence-corrected chi connectivity index (χ1v) is 12.1. The van der Waals surface area contributed by atoms with E-state index in [4.69, 9.17) is 14.2 Å². The van der Waals surface area contributed by atoms with Crippen molar-refractivity contribution in [1.29, 1.82) is 0 Å². The van der Waals surface area contributed by atoms with Gasteiger partial charge in [0, 0.05) is 12.1 Å². The molecule has 0 aromatic heterocycles. The normalized spacial score (nSPS) is 26.6. The minimum atomic E-state index is -0.946. The molecule has 0 saturated heterocycles. The van der Waals surface area contributed by atoms with E-state index in [0.29, 0.717) is 44.9 Å². The molecule has 0 radical (unpaired) electrons. The summed E-state index contributed by atoms with van der Waals surface area (Å²) >= 11 is 0. The summed E-state index contributed by atoms with van der Waals surface area (Å²) in [5, 5.41) is 12.1. The average Bonchev–Trinajstić information content (AvgIpc) is 3.23. The van der Waals surface area contributed by atoms with Crippen molar-refractivity contribution in [3.05, 3.63) is 23.5 Å². The van der Waals surface area contributed by atoms with Crippen molar-refractivity contribution in [2.24, 2.45) is 11.3 Å². The molecule has 1 amide bonds. The minimum absolute atomic E-state index is 0.0402. The second kappa shape index (κ2) is 10.4. The monoisotopic (exact) mass is 493 g/mol. The Morgan fingerprint density at radius 2 is 1.74 bits per heavy atom. The van der Waals surface area contributed by atoms with Crippen LogP contribution in [0.15, 0.2) is 12.1 Å². The Morgan fingerprint density at radius 3 is 2.31 bits per heavy atom. The molecule has 0 heterocycles. The lowest BCUT2D eigenvalue weighted by atomic mass is 9.74. The van der Waals surface area contributed by atoms with E-state index in [1.807, 2.05) is 27.7 Å². The minimum Gasteiger partial charge on any atom is -0.496 e. The molecule has 0 bridgehead atoms. The molecule has 2 saturated carbocycles. The Kier molecular flexibility index (Phi) is 7.97. The molecule has 2 fully saturated rings. The lowest BCUT2D eigenvalue weighted by Gasteiger charge is -2.37. The van der Waals surface area contributed by atoms with E-state index in [0.717, 1.165) is 6.07 Å². The number of aliphatic carboxylic acids is 1. The van der Waals surface area contributed by atoms with Gasteiger partial charge in [0.15, 0.2) is 11.6 Å². The lowest BCUT2D eigenvalue weighted by molar-refractivity contribution is -0.169. The number of carboxylic acid groups (broad SMARTS) is 1. The van der Waals surface area contributed by atoms with Crippen LogP contribution in [0.1, 0.15) is 83.0 Å². The van der Waals surface area contributed by atoms with Gasteiger partial charge in [-0.1, -0.05) is 6.42 Å². The van der Waals surface area contributed by atoms with Crippen LogP contribution in [0.3, 0.4) is 0 Å². The van der Waals surface area contributed by atoms with Crippen molar-refractivity contribution in [1.82, 2.24) is 5.32 Å². The molecule has 0 spiro atoms. The molecule has 9 heteroatoms. The van der Waals surface area contributed by atoms with Crippen LogP contribution in [-0.2, 0) is 14.3 Å². The number of carbonyl (C=O) groups excluding carboxylic acids is 2. The van der Waals surface area contributed by atoms with E-state index in [2.05, 4.69) is 5.32 Å². The quantitative estimate of drug-likeness (QED) is 0.539. The zero-order valence-corrected chi connectivity index (χ0v) is 21.1. The number of methoxy groups -OCH3 is 1. The van der Waals surface area contributed by atoms with Crippen LogP contribution in [0.25, 0.3) is 0 Å². The summed E-state index contributed by atoms with van der Waals surface area (Å²) in [7, 11) is 1.33. The van der Waals surface area contributed by atoms with E-state index in [-0.39, 0.29) is 29.1 Å². The van der Waals surface area contributed by atoms with E-state index in [1.165, 1.54) is 13.2 Å². The predicted molar refractivity (Wildman–Crippen MR) is 126 cm³/mol. The summed E-state index contributed by atoms with van der Waals surface area (Å²) in [5.74, 6) is -3.08. The lowest BCUT2D eigenvalue weighted by Crippen LogP contribution is -2.40. The number of amides is 1. The van der Waals surface area contributed by atoms with Gasteiger partial charge in [-0.05, 0) is 72.3 Å². The summed E-state index contributed by atoms with van der Waals surface area (Å²) < 4.78 is 31.5. The number of carboxylic acids is 1. The van der Waals surface area contributed by atoms with Gasteiger partial charge >= 0.3 is 11.9 Å². The summed E-state index contributed by atoms with van der Waals surface area (Å²) in [6.07, 6.45) is 3.59. The van der Waals surface area contributed by atoms with Gasteiger partial charge in [-0.2, -0.15) is 0 Å². The molecule has 2 N–H and O–H groups in total. The van der Waals surface area contributed by atoms with Crippen LogP contribution in [0.2, 0.25) is 0 Å². The number of hydrogen-bond acceptors (Lipinski definition) is 6. The summed E-state index contributed by atoms with van der Waals surface area (Å²) in [4.78, 5) is 37.1. The van der Waals surface area contributed by atoms with Gasteiger partial charge in [0.1, 0.15) is 11.4 Å². The second-order valence-electron chi connectivity index (χ2n) is 10.8. The van der Waals surface area contributed by atoms with Crippen LogP contribution >= 0.6 is 0 Å². The first kappa shape index (κ1) is 26.8. The molecule has 35 heavy (non-hydrogen) atoms. The van der Waals surface area contributed by atoms with Gasteiger partial charge in [0.05, 0.1) is 30.1 Å². The molecule has 2 aliphatic carbocycles.